The molecule has 52 heavy (non-hydrogen) atoms. The molecule has 0 saturated carbocycles. The summed E-state index contributed by atoms with van der Waals surface area (Å²) in [6.07, 6.45) is 18.5. The second-order valence-corrected chi connectivity index (χ2v) is 16.6. The fourth-order valence-electron chi connectivity index (χ4n) is 6.01. The van der Waals surface area contributed by atoms with E-state index in [2.05, 4.69) is 35.7 Å². The Hall–Kier alpha value is -0.130. The van der Waals surface area contributed by atoms with Crippen LogP contribution in [0.3, 0.4) is 0 Å². The molecule has 0 amide bonds. The SMILES string of the molecule is CCCCCCCCCCCCSC(CCCCCCC)C(C)OCCCOP(=O)(O)OC[C@H]1O[C@@H](On2cnc3c(=S)nc[nH]c32)[C@H](O)[C@@H]1O.[H-].[Na+]. The number of nitrogens with zero attached hydrogens (tertiary/aromatic N) is 3. The molecule has 4 N–H and O–H groups in total. The van der Waals surface area contributed by atoms with E-state index in [4.69, 9.17) is 35.6 Å². The zero-order valence-corrected chi connectivity index (χ0v) is 36.4. The van der Waals surface area contributed by atoms with Crippen molar-refractivity contribution in [1.29, 1.82) is 0 Å². The number of phosphoric ester groups is 1. The van der Waals surface area contributed by atoms with E-state index in [9.17, 15) is 19.7 Å². The molecule has 13 nitrogen and oxygen atoms in total. The molecular formula is C35H64N4NaO9PS2. The topological polar surface area (TPSA) is 170 Å². The van der Waals surface area contributed by atoms with Gasteiger partial charge < -0.3 is 35.8 Å². The number of aromatic amines is 1. The number of unbranched alkanes of at least 4 members (excludes halogenated alkanes) is 13. The number of nitrogens with one attached hydrogen (secondary N) is 1. The maximum absolute atomic E-state index is 12.6. The summed E-state index contributed by atoms with van der Waals surface area (Å²) in [5.74, 6) is 1.15. The molecule has 17 heteroatoms. The second-order valence-electron chi connectivity index (χ2n) is 13.4. The van der Waals surface area contributed by atoms with Crippen LogP contribution in [0.2, 0.25) is 0 Å². The Labute approximate surface area is 343 Å². The van der Waals surface area contributed by atoms with Crippen LogP contribution in [0.5, 0.6) is 0 Å². The molecule has 3 unspecified atom stereocenters. The van der Waals surface area contributed by atoms with E-state index < -0.39 is 39.0 Å². The van der Waals surface area contributed by atoms with Gasteiger partial charge in [0.15, 0.2) is 10.3 Å². The molecule has 2 aromatic heterocycles. The molecule has 0 aromatic carbocycles. The van der Waals surface area contributed by atoms with Gasteiger partial charge in [0.25, 0.3) is 6.29 Å². The van der Waals surface area contributed by atoms with E-state index in [-0.39, 0.29) is 48.3 Å². The van der Waals surface area contributed by atoms with E-state index in [1.165, 1.54) is 114 Å². The number of phosphoric acid groups is 1. The number of imidazole rings is 1. The summed E-state index contributed by atoms with van der Waals surface area (Å²) in [5.41, 5.74) is 0.766. The molecule has 2 aromatic rings. The maximum Gasteiger partial charge on any atom is 1.00 e. The Bertz CT molecular complexity index is 1340. The Morgan fingerprint density at radius 1 is 0.942 bits per heavy atom. The maximum atomic E-state index is 12.6. The number of ether oxygens (including phenoxy) is 2. The van der Waals surface area contributed by atoms with Crippen LogP contribution in [-0.2, 0) is 23.1 Å². The Kier molecular flexibility index (Phi) is 25.4. The quantitative estimate of drug-likeness (QED) is 0.0369. The van der Waals surface area contributed by atoms with Crippen LogP contribution in [0.25, 0.3) is 11.2 Å². The third-order valence-electron chi connectivity index (χ3n) is 9.13. The van der Waals surface area contributed by atoms with Crippen molar-refractivity contribution in [3.05, 3.63) is 17.3 Å². The molecule has 7 atom stereocenters. The van der Waals surface area contributed by atoms with Gasteiger partial charge >= 0.3 is 37.4 Å². The van der Waals surface area contributed by atoms with Crippen molar-refractivity contribution >= 4 is 43.0 Å². The van der Waals surface area contributed by atoms with E-state index in [0.717, 1.165) is 12.2 Å². The number of hydrogen-bond donors (Lipinski definition) is 4. The molecule has 3 rings (SSSR count). The number of aliphatic hydroxyl groups is 2. The number of H-pyrrole nitrogens is 1. The predicted octanol–water partition coefficient (Wildman–Crippen LogP) is 4.79. The van der Waals surface area contributed by atoms with E-state index in [0.29, 0.717) is 29.4 Å². The fraction of sp³-hybridized carbons (Fsp3) is 0.857. The molecule has 1 aliphatic heterocycles. The monoisotopic (exact) mass is 802 g/mol. The number of rotatable bonds is 30. The van der Waals surface area contributed by atoms with E-state index >= 15 is 0 Å². The summed E-state index contributed by atoms with van der Waals surface area (Å²) >= 11 is 7.17. The van der Waals surface area contributed by atoms with Gasteiger partial charge in [-0.15, -0.1) is 0 Å². The van der Waals surface area contributed by atoms with Crippen LogP contribution >= 0.6 is 31.8 Å². The summed E-state index contributed by atoms with van der Waals surface area (Å²) in [5, 5.41) is 21.3. The Morgan fingerprint density at radius 2 is 1.58 bits per heavy atom. The van der Waals surface area contributed by atoms with Crippen LogP contribution in [-0.4, -0.2) is 96.3 Å². The summed E-state index contributed by atoms with van der Waals surface area (Å²) in [7, 11) is -4.46. The van der Waals surface area contributed by atoms with Crippen LogP contribution in [0.4, 0.5) is 0 Å². The zero-order chi connectivity index (χ0) is 36.9. The minimum absolute atomic E-state index is 0. The first-order valence-corrected chi connectivity index (χ1v) is 22.1. The van der Waals surface area contributed by atoms with Crippen molar-refractivity contribution in [2.24, 2.45) is 0 Å². The van der Waals surface area contributed by atoms with Gasteiger partial charge in [-0.3, -0.25) is 9.05 Å². The van der Waals surface area contributed by atoms with Gasteiger partial charge in [0.05, 0.1) is 25.6 Å². The molecule has 1 aliphatic rings. The standard InChI is InChI=1S/C35H63N4O9PS2.Na.H/c1-4-6-8-10-11-12-13-14-16-18-23-51-29(20-17-15-9-7-5-2)27(3)44-21-19-22-45-49(42,43)46-24-28-31(40)32(41)35(47-28)48-39-26-38-30-33(39)36-25-37-34(30)50;;/h25-29,31-32,35,40-41H,4-24H2,1-3H3,(H,42,43)(H,36,37,50);;/q;+1;-1/t27?,28-,29?,31-,32-,35+;;/m1../s1. The minimum atomic E-state index is -4.46. The van der Waals surface area contributed by atoms with Crippen LogP contribution in [0.1, 0.15) is 131 Å². The van der Waals surface area contributed by atoms with Gasteiger partial charge in [0.2, 0.25) is 0 Å². The van der Waals surface area contributed by atoms with E-state index in [1.54, 1.807) is 0 Å². The first-order chi connectivity index (χ1) is 24.7. The van der Waals surface area contributed by atoms with Crippen molar-refractivity contribution in [2.45, 2.75) is 166 Å². The Balaban J connectivity index is 0.00000702. The van der Waals surface area contributed by atoms with Gasteiger partial charge in [-0.2, -0.15) is 16.5 Å². The largest absolute Gasteiger partial charge is 1.00 e. The second kappa shape index (κ2) is 27.5. The van der Waals surface area contributed by atoms with Gasteiger partial charge in [-0.1, -0.05) is 116 Å². The Morgan fingerprint density at radius 3 is 2.25 bits per heavy atom. The van der Waals surface area contributed by atoms with Crippen molar-refractivity contribution in [1.82, 2.24) is 19.7 Å². The normalized spacial score (nSPS) is 21.2. The molecule has 296 valence electrons. The minimum Gasteiger partial charge on any atom is -1.00 e. The molecule has 0 spiro atoms. The first kappa shape index (κ1) is 48.0. The average molecular weight is 803 g/mol. The molecule has 0 radical (unpaired) electrons. The van der Waals surface area contributed by atoms with E-state index in [1.807, 2.05) is 11.8 Å². The summed E-state index contributed by atoms with van der Waals surface area (Å²) in [6, 6.07) is 0. The molecular weight excluding hydrogens is 739 g/mol. The van der Waals surface area contributed by atoms with Gasteiger partial charge in [0.1, 0.15) is 30.2 Å². The molecule has 0 bridgehead atoms. The van der Waals surface area contributed by atoms with Crippen LogP contribution in [0.15, 0.2) is 12.7 Å². The van der Waals surface area contributed by atoms with Crippen molar-refractivity contribution in [2.75, 3.05) is 25.6 Å². The van der Waals surface area contributed by atoms with Crippen LogP contribution < -0.4 is 34.4 Å². The number of fused-ring (bicyclic) bond motifs is 1. The molecule has 1 saturated heterocycles. The van der Waals surface area contributed by atoms with Gasteiger partial charge in [-0.05, 0) is 31.9 Å². The number of aromatic nitrogens is 4. The molecule has 1 fully saturated rings. The van der Waals surface area contributed by atoms with Crippen molar-refractivity contribution in [3.8, 4) is 0 Å². The van der Waals surface area contributed by atoms with Crippen LogP contribution in [0, 0.1) is 4.64 Å². The molecule has 3 heterocycles. The smallest absolute Gasteiger partial charge is 1.00 e. The summed E-state index contributed by atoms with van der Waals surface area (Å²) in [4.78, 5) is 26.8. The third-order valence-corrected chi connectivity index (χ3v) is 12.0. The summed E-state index contributed by atoms with van der Waals surface area (Å²) < 4.78 is 36.0. The number of thioether (sulfide) groups is 1. The van der Waals surface area contributed by atoms with Crippen molar-refractivity contribution < 1.29 is 74.0 Å². The average Bonchev–Trinajstić information content (AvgIpc) is 3.65. The van der Waals surface area contributed by atoms with Crippen molar-refractivity contribution in [3.63, 3.8) is 0 Å². The molecule has 0 aliphatic carbocycles. The first-order valence-electron chi connectivity index (χ1n) is 19.1. The number of hydrogen-bond acceptors (Lipinski definition) is 12. The summed E-state index contributed by atoms with van der Waals surface area (Å²) in [6.45, 7) is 6.47. The van der Waals surface area contributed by atoms with Gasteiger partial charge in [0, 0.05) is 11.9 Å². The zero-order valence-electron chi connectivity index (χ0n) is 32.9. The third kappa shape index (κ3) is 17.8. The number of aliphatic hydroxyl groups excluding tert-OH is 2. The van der Waals surface area contributed by atoms with Gasteiger partial charge in [-0.25, -0.2) is 14.5 Å². The fourth-order valence-corrected chi connectivity index (χ4v) is 8.34. The predicted molar refractivity (Wildman–Crippen MR) is 204 cm³/mol.